The van der Waals surface area contributed by atoms with E-state index in [2.05, 4.69) is 372 Å². The third kappa shape index (κ3) is 15.9. The van der Waals surface area contributed by atoms with Gasteiger partial charge in [-0.25, -0.2) is 0 Å². The van der Waals surface area contributed by atoms with Gasteiger partial charge in [0.2, 0.25) is 0 Å². The monoisotopic (exact) mass is 1150 g/mol. The maximum absolute atomic E-state index is 2.26. The van der Waals surface area contributed by atoms with E-state index < -0.39 is 0 Å². The first-order valence-corrected chi connectivity index (χ1v) is 30.6. The van der Waals surface area contributed by atoms with Crippen LogP contribution in [0.2, 0.25) is 0 Å². The largest absolute Gasteiger partial charge is 0.345 e. The number of fused-ring (bicyclic) bond motifs is 4. The van der Waals surface area contributed by atoms with Gasteiger partial charge in [-0.1, -0.05) is 302 Å². The molecule has 0 amide bonds. The van der Waals surface area contributed by atoms with E-state index in [0.29, 0.717) is 0 Å². The Balaban J connectivity index is 0.000000117. The second kappa shape index (κ2) is 29.4. The lowest BCUT2D eigenvalue weighted by molar-refractivity contribution is 1.21. The fraction of sp³-hybridized carbons (Fsp3) is 0.0575. The molecule has 0 saturated heterocycles. The second-order valence-corrected chi connectivity index (χ2v) is 22.5. The van der Waals surface area contributed by atoms with Crippen LogP contribution in [-0.2, 0) is 0 Å². The summed E-state index contributed by atoms with van der Waals surface area (Å²) in [6.07, 6.45) is 0. The molecule has 0 radical (unpaired) electrons. The van der Waals surface area contributed by atoms with Gasteiger partial charge in [0.15, 0.2) is 0 Å². The minimum atomic E-state index is 1.18. The molecule has 2 heteroatoms. The number of hydrogen-bond acceptors (Lipinski definition) is 2. The Morgan fingerprint density at radius 3 is 0.787 bits per heavy atom. The molecule has 0 bridgehead atoms. The van der Waals surface area contributed by atoms with Crippen molar-refractivity contribution in [2.24, 2.45) is 0 Å². The minimum absolute atomic E-state index is 1.18. The van der Waals surface area contributed by atoms with E-state index in [9.17, 15) is 0 Å². The van der Waals surface area contributed by atoms with Gasteiger partial charge >= 0.3 is 0 Å². The number of anilines is 4. The minimum Gasteiger partial charge on any atom is -0.345 e. The third-order valence-electron chi connectivity index (χ3n) is 16.1. The highest BCUT2D eigenvalue weighted by atomic mass is 15.1. The zero-order valence-corrected chi connectivity index (χ0v) is 51.5. The second-order valence-electron chi connectivity index (χ2n) is 22.5. The smallest absolute Gasteiger partial charge is 0.0408 e. The van der Waals surface area contributed by atoms with Crippen LogP contribution in [0.4, 0.5) is 22.7 Å². The summed E-state index contributed by atoms with van der Waals surface area (Å²) in [5.41, 5.74) is 18.8. The lowest BCUT2D eigenvalue weighted by Gasteiger charge is -2.20. The Kier molecular flexibility index (Phi) is 19.7. The molecule has 0 fully saturated rings. The molecule has 15 rings (SSSR count). The van der Waals surface area contributed by atoms with Crippen LogP contribution in [0.1, 0.15) is 16.7 Å². The summed E-state index contributed by atoms with van der Waals surface area (Å²) in [6.45, 7) is 6.40. The summed E-state index contributed by atoms with van der Waals surface area (Å²) in [6, 6.07) is 126. The Morgan fingerprint density at radius 1 is 0.157 bits per heavy atom. The first-order chi connectivity index (χ1) is 43.7. The summed E-state index contributed by atoms with van der Waals surface area (Å²) < 4.78 is 0. The van der Waals surface area contributed by atoms with Gasteiger partial charge in [-0.15, -0.1) is 0 Å². The first-order valence-electron chi connectivity index (χ1n) is 30.6. The third-order valence-corrected chi connectivity index (χ3v) is 16.1. The van der Waals surface area contributed by atoms with Gasteiger partial charge < -0.3 is 9.80 Å². The summed E-state index contributed by atoms with van der Waals surface area (Å²) in [5, 5.41) is 10.5. The number of rotatable bonds is 8. The quantitative estimate of drug-likeness (QED) is 0.140. The fourth-order valence-electron chi connectivity index (χ4n) is 11.0. The number of benzene rings is 15. The maximum atomic E-state index is 2.26. The summed E-state index contributed by atoms with van der Waals surface area (Å²) >= 11 is 0. The van der Waals surface area contributed by atoms with Gasteiger partial charge in [0.05, 0.1) is 0 Å². The molecule has 89 heavy (non-hydrogen) atoms. The predicted octanol–water partition coefficient (Wildman–Crippen LogP) is 24.2. The van der Waals surface area contributed by atoms with Crippen LogP contribution in [0.25, 0.3) is 87.6 Å². The lowest BCUT2D eigenvalue weighted by atomic mass is 10.0. The predicted molar refractivity (Wildman–Crippen MR) is 387 cm³/mol. The molecule has 2 nitrogen and oxygen atoms in total. The van der Waals surface area contributed by atoms with Gasteiger partial charge in [-0.2, -0.15) is 0 Å². The van der Waals surface area contributed by atoms with Gasteiger partial charge in [0.1, 0.15) is 0 Å². The van der Waals surface area contributed by atoms with Crippen LogP contribution in [-0.4, -0.2) is 14.1 Å². The van der Waals surface area contributed by atoms with Crippen molar-refractivity contribution in [3.05, 3.63) is 375 Å². The van der Waals surface area contributed by atoms with Crippen molar-refractivity contribution in [2.45, 2.75) is 20.8 Å². The molecule has 0 atom stereocenters. The van der Waals surface area contributed by atoms with E-state index >= 15 is 0 Å². The average Bonchev–Trinajstić information content (AvgIpc) is 3.68. The Morgan fingerprint density at radius 2 is 0.382 bits per heavy atom. The fourth-order valence-corrected chi connectivity index (χ4v) is 11.0. The van der Waals surface area contributed by atoms with E-state index in [4.69, 9.17) is 0 Å². The normalized spacial score (nSPS) is 10.5. The lowest BCUT2D eigenvalue weighted by Crippen LogP contribution is -2.08. The molecule has 15 aromatic carbocycles. The van der Waals surface area contributed by atoms with Crippen molar-refractivity contribution >= 4 is 65.8 Å². The molecule has 0 aliphatic heterocycles. The molecule has 15 aromatic rings. The van der Waals surface area contributed by atoms with Crippen molar-refractivity contribution in [3.63, 3.8) is 0 Å². The Hall–Kier alpha value is -11.1. The number of para-hydroxylation sites is 2. The molecule has 432 valence electrons. The highest BCUT2D eigenvalue weighted by Gasteiger charge is 2.08. The summed E-state index contributed by atoms with van der Waals surface area (Å²) in [7, 11) is 4.18. The van der Waals surface area contributed by atoms with Crippen molar-refractivity contribution in [1.29, 1.82) is 0 Å². The van der Waals surface area contributed by atoms with E-state index in [1.54, 1.807) is 0 Å². The summed E-state index contributed by atoms with van der Waals surface area (Å²) in [4.78, 5) is 4.38. The summed E-state index contributed by atoms with van der Waals surface area (Å²) in [5.74, 6) is 0. The molecule has 0 heterocycles. The van der Waals surface area contributed by atoms with Crippen LogP contribution in [0, 0.1) is 20.8 Å². The van der Waals surface area contributed by atoms with Crippen LogP contribution < -0.4 is 9.80 Å². The first kappa shape index (κ1) is 59.7. The zero-order chi connectivity index (χ0) is 61.2. The van der Waals surface area contributed by atoms with Crippen molar-refractivity contribution in [3.8, 4) is 44.5 Å². The van der Waals surface area contributed by atoms with E-state index in [0.717, 1.165) is 0 Å². The maximum Gasteiger partial charge on any atom is 0.0408 e. The Labute approximate surface area is 526 Å². The van der Waals surface area contributed by atoms with Crippen LogP contribution >= 0.6 is 0 Å². The molecule has 0 aromatic heterocycles. The van der Waals surface area contributed by atoms with Gasteiger partial charge in [-0.3, -0.25) is 0 Å². The van der Waals surface area contributed by atoms with Gasteiger partial charge in [0.25, 0.3) is 0 Å². The van der Waals surface area contributed by atoms with Crippen molar-refractivity contribution in [2.75, 3.05) is 23.9 Å². The standard InChI is InChI=1S/C25H21N.2C17H14.C15H12.C13H13N/c1-26(24-16-12-22(13-17-24)20-8-4-2-5-9-20)25-18-14-23(15-19-25)21-10-6-3-7-11-21;1-13-7-8-17-12-16(10-9-15(17)11-13)14-5-3-2-4-6-14;1-13-7-8-15-9-10-16(12-17(15)11-13)14-5-3-2-4-6-14;1-11-6-7-14-9-12-4-2-3-5-13(12)10-15(14)8-11;1-14(12-8-4-2-5-9-12)13-10-6-3-7-11-13/h2-19H,1H3;2*2-12H,1H3;2-10H,1H3;2-11H,1H3. The molecule has 0 aliphatic rings. The van der Waals surface area contributed by atoms with Crippen LogP contribution in [0.3, 0.4) is 0 Å². The van der Waals surface area contributed by atoms with E-state index in [1.807, 2.05) is 30.3 Å². The highest BCUT2D eigenvalue weighted by molar-refractivity contribution is 5.98. The SMILES string of the molecule is CN(c1ccc(-c2ccccc2)cc1)c1ccc(-c2ccccc2)cc1.CN(c1ccccc1)c1ccccc1.Cc1ccc2cc(-c3ccccc3)ccc2c1.Cc1ccc2cc3ccccc3cc2c1.Cc1ccc2ccc(-c3ccccc3)cc2c1. The zero-order valence-electron chi connectivity index (χ0n) is 51.5. The van der Waals surface area contributed by atoms with Crippen molar-refractivity contribution in [1.82, 2.24) is 0 Å². The molecular weight excluding hydrogens is 1070 g/mol. The van der Waals surface area contributed by atoms with Crippen molar-refractivity contribution < 1.29 is 0 Å². The van der Waals surface area contributed by atoms with Crippen LogP contribution in [0.15, 0.2) is 358 Å². The highest BCUT2D eigenvalue weighted by Crippen LogP contribution is 2.31. The molecule has 0 N–H and O–H groups in total. The van der Waals surface area contributed by atoms with Gasteiger partial charge in [0, 0.05) is 36.8 Å². The van der Waals surface area contributed by atoms with Crippen LogP contribution in [0.5, 0.6) is 0 Å². The number of nitrogens with zero attached hydrogens (tertiary/aromatic N) is 2. The number of hydrogen-bond donors (Lipinski definition) is 0. The topological polar surface area (TPSA) is 6.48 Å². The van der Waals surface area contributed by atoms with E-state index in [-0.39, 0.29) is 0 Å². The average molecular weight is 1150 g/mol. The molecule has 0 aliphatic carbocycles. The Bertz CT molecular complexity index is 4540. The molecular formula is C87H74N2. The van der Waals surface area contributed by atoms with Gasteiger partial charge in [-0.05, 0) is 181 Å². The number of aryl methyl sites for hydroxylation is 3. The molecule has 0 spiro atoms. The van der Waals surface area contributed by atoms with E-state index in [1.165, 1.54) is 127 Å². The molecule has 0 saturated carbocycles. The molecule has 0 unspecified atom stereocenters.